The van der Waals surface area contributed by atoms with Crippen LogP contribution >= 0.6 is 11.6 Å². The van der Waals surface area contributed by atoms with Crippen LogP contribution in [0.25, 0.3) is 6.08 Å². The molecule has 27 heavy (non-hydrogen) atoms. The second-order valence-corrected chi connectivity index (χ2v) is 6.09. The van der Waals surface area contributed by atoms with Crippen molar-refractivity contribution in [3.63, 3.8) is 0 Å². The summed E-state index contributed by atoms with van der Waals surface area (Å²) in [5.41, 5.74) is 1.06. The Morgan fingerprint density at radius 2 is 2.04 bits per heavy atom. The van der Waals surface area contributed by atoms with Gasteiger partial charge in [0.2, 0.25) is 0 Å². The number of anilines is 1. The highest BCUT2D eigenvalue weighted by Gasteiger charge is 2.29. The number of carbonyl (C=O) groups is 2. The second-order valence-electron chi connectivity index (χ2n) is 5.68. The third-order valence-corrected chi connectivity index (χ3v) is 4.23. The molecule has 1 heterocycles. The topological polar surface area (TPSA) is 113 Å². The zero-order valence-corrected chi connectivity index (χ0v) is 14.7. The number of carbonyl (C=O) groups excluding carboxylic acids is 1. The lowest BCUT2D eigenvalue weighted by Crippen LogP contribution is -2.21. The Labute approximate surface area is 158 Å². The Kier molecular flexibility index (Phi) is 4.74. The standard InChI is InChI=1S/C18H12ClN3O5/c1-10-15(9-12-8-14(22(26)27)5-6-16(12)19)17(23)21(20-10)13-4-2-3-11(7-13)18(24)25/h2-9H,1H3,(H,24,25). The van der Waals surface area contributed by atoms with Crippen LogP contribution in [0.1, 0.15) is 22.8 Å². The number of rotatable bonds is 4. The molecule has 1 aliphatic rings. The summed E-state index contributed by atoms with van der Waals surface area (Å²) in [5.74, 6) is -1.61. The van der Waals surface area contributed by atoms with Gasteiger partial charge in [0.05, 0.1) is 27.5 Å². The maximum atomic E-state index is 12.8. The number of hydrogen-bond donors (Lipinski definition) is 1. The Hall–Kier alpha value is -3.52. The van der Waals surface area contributed by atoms with Crippen molar-refractivity contribution in [3.8, 4) is 0 Å². The predicted octanol–water partition coefficient (Wildman–Crippen LogP) is 3.75. The molecule has 2 aromatic rings. The summed E-state index contributed by atoms with van der Waals surface area (Å²) in [6, 6.07) is 9.73. The predicted molar refractivity (Wildman–Crippen MR) is 100 cm³/mol. The highest BCUT2D eigenvalue weighted by Crippen LogP contribution is 2.29. The number of carboxylic acid groups (broad SMARTS) is 1. The molecular formula is C18H12ClN3O5. The molecule has 136 valence electrons. The van der Waals surface area contributed by atoms with E-state index in [0.29, 0.717) is 17.0 Å². The minimum atomic E-state index is -1.12. The van der Waals surface area contributed by atoms with Crippen molar-refractivity contribution >= 4 is 46.6 Å². The number of hydrogen-bond acceptors (Lipinski definition) is 5. The van der Waals surface area contributed by atoms with Gasteiger partial charge in [-0.3, -0.25) is 14.9 Å². The van der Waals surface area contributed by atoms with Gasteiger partial charge in [-0.2, -0.15) is 10.1 Å². The number of nitrogens with zero attached hydrogens (tertiary/aromatic N) is 3. The van der Waals surface area contributed by atoms with E-state index in [9.17, 15) is 19.7 Å². The smallest absolute Gasteiger partial charge is 0.335 e. The number of aromatic carboxylic acids is 1. The Balaban J connectivity index is 2.00. The Morgan fingerprint density at radius 3 is 2.70 bits per heavy atom. The number of carboxylic acids is 1. The molecule has 0 saturated carbocycles. The van der Waals surface area contributed by atoms with Crippen molar-refractivity contribution in [3.05, 3.63) is 74.3 Å². The SMILES string of the molecule is CC1=NN(c2cccc(C(=O)O)c2)C(=O)C1=Cc1cc([N+](=O)[O-])ccc1Cl. The van der Waals surface area contributed by atoms with Gasteiger partial charge in [0.1, 0.15) is 0 Å². The molecule has 9 heteroatoms. The van der Waals surface area contributed by atoms with Crippen molar-refractivity contribution in [1.29, 1.82) is 0 Å². The van der Waals surface area contributed by atoms with E-state index in [1.807, 2.05) is 0 Å². The first kappa shape index (κ1) is 18.3. The molecule has 1 aliphatic heterocycles. The summed E-state index contributed by atoms with van der Waals surface area (Å²) in [6.07, 6.45) is 1.43. The third kappa shape index (κ3) is 3.56. The summed E-state index contributed by atoms with van der Waals surface area (Å²) >= 11 is 6.09. The van der Waals surface area contributed by atoms with Crippen LogP contribution in [0.3, 0.4) is 0 Å². The van der Waals surface area contributed by atoms with Crippen molar-refractivity contribution in [2.24, 2.45) is 5.10 Å². The average Bonchev–Trinajstić information content (AvgIpc) is 2.91. The van der Waals surface area contributed by atoms with Crippen LogP contribution in [0.4, 0.5) is 11.4 Å². The Morgan fingerprint density at radius 1 is 1.30 bits per heavy atom. The molecule has 1 amide bonds. The molecule has 0 bridgehead atoms. The molecule has 2 aromatic carbocycles. The second kappa shape index (κ2) is 7.00. The maximum Gasteiger partial charge on any atom is 0.335 e. The van der Waals surface area contributed by atoms with Gasteiger partial charge in [-0.25, -0.2) is 4.79 Å². The fourth-order valence-electron chi connectivity index (χ4n) is 2.54. The van der Waals surface area contributed by atoms with Gasteiger partial charge in [0.15, 0.2) is 0 Å². The van der Waals surface area contributed by atoms with Gasteiger partial charge >= 0.3 is 5.97 Å². The number of nitro groups is 1. The van der Waals surface area contributed by atoms with E-state index < -0.39 is 16.8 Å². The summed E-state index contributed by atoms with van der Waals surface area (Å²) in [4.78, 5) is 34.3. The van der Waals surface area contributed by atoms with Crippen LogP contribution < -0.4 is 5.01 Å². The van der Waals surface area contributed by atoms with E-state index in [4.69, 9.17) is 16.7 Å². The molecule has 0 unspecified atom stereocenters. The molecule has 0 saturated heterocycles. The summed E-state index contributed by atoms with van der Waals surface area (Å²) in [7, 11) is 0. The van der Waals surface area contributed by atoms with Gasteiger partial charge < -0.3 is 5.11 Å². The van der Waals surface area contributed by atoms with Crippen LogP contribution in [-0.2, 0) is 4.79 Å². The van der Waals surface area contributed by atoms with Gasteiger partial charge in [-0.05, 0) is 37.3 Å². The summed E-state index contributed by atoms with van der Waals surface area (Å²) in [6.45, 7) is 1.61. The molecule has 1 N–H and O–H groups in total. The molecule has 0 fully saturated rings. The first-order valence-corrected chi connectivity index (χ1v) is 8.05. The van der Waals surface area contributed by atoms with Crippen LogP contribution in [0.2, 0.25) is 5.02 Å². The molecule has 0 atom stereocenters. The number of nitro benzene ring substituents is 1. The normalized spacial score (nSPS) is 15.2. The van der Waals surface area contributed by atoms with Crippen LogP contribution in [0.5, 0.6) is 0 Å². The number of halogens is 1. The molecular weight excluding hydrogens is 374 g/mol. The van der Waals surface area contributed by atoms with Crippen molar-refractivity contribution in [1.82, 2.24) is 0 Å². The number of hydrazone groups is 1. The van der Waals surface area contributed by atoms with Crippen LogP contribution in [0.15, 0.2) is 53.1 Å². The molecule has 0 spiro atoms. The molecule has 8 nitrogen and oxygen atoms in total. The fourth-order valence-corrected chi connectivity index (χ4v) is 2.71. The number of non-ortho nitro benzene ring substituents is 1. The minimum Gasteiger partial charge on any atom is -0.478 e. The lowest BCUT2D eigenvalue weighted by Gasteiger charge is -2.12. The largest absolute Gasteiger partial charge is 0.478 e. The van der Waals surface area contributed by atoms with E-state index in [0.717, 1.165) is 5.01 Å². The first-order chi connectivity index (χ1) is 12.8. The quantitative estimate of drug-likeness (QED) is 0.489. The van der Waals surface area contributed by atoms with E-state index >= 15 is 0 Å². The molecule has 0 radical (unpaired) electrons. The van der Waals surface area contributed by atoms with Gasteiger partial charge in [-0.15, -0.1) is 0 Å². The lowest BCUT2D eigenvalue weighted by molar-refractivity contribution is -0.384. The molecule has 0 aliphatic carbocycles. The third-order valence-electron chi connectivity index (χ3n) is 3.89. The van der Waals surface area contributed by atoms with E-state index in [1.54, 1.807) is 13.0 Å². The number of amides is 1. The van der Waals surface area contributed by atoms with Gasteiger partial charge in [0.25, 0.3) is 11.6 Å². The van der Waals surface area contributed by atoms with E-state index in [1.165, 1.54) is 42.5 Å². The van der Waals surface area contributed by atoms with Gasteiger partial charge in [0, 0.05) is 22.7 Å². The zero-order chi connectivity index (χ0) is 19.7. The summed E-state index contributed by atoms with van der Waals surface area (Å²) < 4.78 is 0. The summed E-state index contributed by atoms with van der Waals surface area (Å²) in [5, 5.41) is 25.5. The van der Waals surface area contributed by atoms with Crippen molar-refractivity contribution in [2.75, 3.05) is 5.01 Å². The minimum absolute atomic E-state index is 0.0207. The average molecular weight is 386 g/mol. The van der Waals surface area contributed by atoms with E-state index in [-0.39, 0.29) is 21.8 Å². The van der Waals surface area contributed by atoms with Crippen LogP contribution in [-0.4, -0.2) is 27.6 Å². The monoisotopic (exact) mass is 385 g/mol. The highest BCUT2D eigenvalue weighted by molar-refractivity contribution is 6.35. The van der Waals surface area contributed by atoms with Crippen molar-refractivity contribution in [2.45, 2.75) is 6.92 Å². The molecule has 3 rings (SSSR count). The molecule has 0 aromatic heterocycles. The first-order valence-electron chi connectivity index (χ1n) is 7.67. The van der Waals surface area contributed by atoms with E-state index in [2.05, 4.69) is 5.10 Å². The highest BCUT2D eigenvalue weighted by atomic mass is 35.5. The lowest BCUT2D eigenvalue weighted by atomic mass is 10.1. The fraction of sp³-hybridized carbons (Fsp3) is 0.0556. The maximum absolute atomic E-state index is 12.8. The van der Waals surface area contributed by atoms with Crippen LogP contribution in [0, 0.1) is 10.1 Å². The number of benzene rings is 2. The Bertz CT molecular complexity index is 1050. The van der Waals surface area contributed by atoms with Gasteiger partial charge in [-0.1, -0.05) is 17.7 Å². The zero-order valence-electron chi connectivity index (χ0n) is 13.9. The van der Waals surface area contributed by atoms with Crippen molar-refractivity contribution < 1.29 is 19.6 Å².